The first-order valence-electron chi connectivity index (χ1n) is 11.3. The lowest BCUT2D eigenvalue weighted by Gasteiger charge is -2.09. The Kier molecular flexibility index (Phi) is 7.66. The predicted octanol–water partition coefficient (Wildman–Crippen LogP) is 3.39. The third kappa shape index (κ3) is 5.18. The molecule has 0 unspecified atom stereocenters. The average Bonchev–Trinajstić information content (AvgIpc) is 3.10. The number of aromatic nitrogens is 4. The van der Waals surface area contributed by atoms with Crippen molar-refractivity contribution in [3.8, 4) is 0 Å². The zero-order valence-electron chi connectivity index (χ0n) is 19.4. The number of hydrogen-bond donors (Lipinski definition) is 1. The molecule has 0 saturated carbocycles. The fourth-order valence-corrected chi connectivity index (χ4v) is 3.90. The van der Waals surface area contributed by atoms with Crippen molar-refractivity contribution in [1.29, 1.82) is 0 Å². The minimum atomic E-state index is -0.467. The van der Waals surface area contributed by atoms with Gasteiger partial charge in [0.25, 0.3) is 5.56 Å². The van der Waals surface area contributed by atoms with Crippen molar-refractivity contribution in [2.75, 3.05) is 0 Å². The molecule has 0 saturated heterocycles. The summed E-state index contributed by atoms with van der Waals surface area (Å²) in [6.45, 7) is 9.08. The SMILES string of the molecule is CCCCn1c(=O)[nH]c(=O)c2c1nc(COC(=O)CCc1ccc(C)cc1C)n2CCC. The number of fused-ring (bicyclic) bond motifs is 1. The summed E-state index contributed by atoms with van der Waals surface area (Å²) in [5, 5.41) is 0. The van der Waals surface area contributed by atoms with E-state index in [9.17, 15) is 14.4 Å². The number of aromatic amines is 1. The molecular formula is C24H32N4O4. The quantitative estimate of drug-likeness (QED) is 0.487. The van der Waals surface area contributed by atoms with Gasteiger partial charge in [0, 0.05) is 19.5 Å². The maximum absolute atomic E-state index is 12.6. The maximum Gasteiger partial charge on any atom is 0.330 e. The summed E-state index contributed by atoms with van der Waals surface area (Å²) in [5.74, 6) is 0.153. The summed E-state index contributed by atoms with van der Waals surface area (Å²) in [6, 6.07) is 6.18. The largest absolute Gasteiger partial charge is 0.457 e. The van der Waals surface area contributed by atoms with E-state index in [0.29, 0.717) is 36.5 Å². The van der Waals surface area contributed by atoms with Gasteiger partial charge in [0.15, 0.2) is 11.2 Å². The van der Waals surface area contributed by atoms with Gasteiger partial charge in [0.2, 0.25) is 0 Å². The van der Waals surface area contributed by atoms with Crippen LogP contribution in [-0.2, 0) is 35.6 Å². The second-order valence-corrected chi connectivity index (χ2v) is 8.21. The highest BCUT2D eigenvalue weighted by molar-refractivity contribution is 5.72. The van der Waals surface area contributed by atoms with Crippen LogP contribution in [0.25, 0.3) is 11.2 Å². The Labute approximate surface area is 187 Å². The molecule has 8 heteroatoms. The minimum absolute atomic E-state index is 0.0399. The summed E-state index contributed by atoms with van der Waals surface area (Å²) >= 11 is 0. The second-order valence-electron chi connectivity index (χ2n) is 8.21. The molecule has 0 aliphatic carbocycles. The molecule has 0 radical (unpaired) electrons. The standard InChI is InChI=1S/C24H32N4O4/c1-5-7-13-28-22-21(23(30)26-24(28)31)27(12-6-2)19(25-22)15-32-20(29)11-10-18-9-8-16(3)14-17(18)4/h8-9,14H,5-7,10-13,15H2,1-4H3,(H,26,30,31). The number of unbranched alkanes of at least 4 members (excludes halogenated alkanes) is 1. The minimum Gasteiger partial charge on any atom is -0.457 e. The zero-order valence-corrected chi connectivity index (χ0v) is 19.4. The van der Waals surface area contributed by atoms with Crippen molar-refractivity contribution < 1.29 is 9.53 Å². The molecule has 0 aliphatic rings. The summed E-state index contributed by atoms with van der Waals surface area (Å²) in [5.41, 5.74) is 3.24. The van der Waals surface area contributed by atoms with Crippen LogP contribution >= 0.6 is 0 Å². The monoisotopic (exact) mass is 440 g/mol. The van der Waals surface area contributed by atoms with Gasteiger partial charge in [0.05, 0.1) is 0 Å². The molecule has 0 aliphatic heterocycles. The van der Waals surface area contributed by atoms with Crippen molar-refractivity contribution in [2.45, 2.75) is 79.5 Å². The van der Waals surface area contributed by atoms with Crippen LogP contribution in [-0.4, -0.2) is 25.1 Å². The number of H-pyrrole nitrogens is 1. The molecule has 3 aromatic rings. The smallest absolute Gasteiger partial charge is 0.330 e. The number of hydrogen-bond acceptors (Lipinski definition) is 5. The Bertz CT molecular complexity index is 1220. The van der Waals surface area contributed by atoms with E-state index < -0.39 is 11.2 Å². The Morgan fingerprint density at radius 2 is 1.88 bits per heavy atom. The van der Waals surface area contributed by atoms with E-state index in [2.05, 4.69) is 16.0 Å². The number of esters is 1. The van der Waals surface area contributed by atoms with Gasteiger partial charge < -0.3 is 9.30 Å². The lowest BCUT2D eigenvalue weighted by atomic mass is 10.0. The Balaban J connectivity index is 1.80. The molecule has 1 aromatic carbocycles. The Hall–Kier alpha value is -3.16. The van der Waals surface area contributed by atoms with Gasteiger partial charge in [-0.05, 0) is 44.2 Å². The molecule has 2 heterocycles. The Morgan fingerprint density at radius 3 is 2.56 bits per heavy atom. The van der Waals surface area contributed by atoms with Gasteiger partial charge in [-0.15, -0.1) is 0 Å². The van der Waals surface area contributed by atoms with Gasteiger partial charge in [-0.3, -0.25) is 19.1 Å². The topological polar surface area (TPSA) is 99.0 Å². The molecular weight excluding hydrogens is 408 g/mol. The third-order valence-corrected chi connectivity index (χ3v) is 5.61. The van der Waals surface area contributed by atoms with E-state index in [1.165, 1.54) is 10.1 Å². The number of benzene rings is 1. The van der Waals surface area contributed by atoms with E-state index in [1.807, 2.05) is 39.8 Å². The number of imidazole rings is 1. The van der Waals surface area contributed by atoms with Crippen molar-refractivity contribution in [2.24, 2.45) is 0 Å². The van der Waals surface area contributed by atoms with Gasteiger partial charge in [-0.25, -0.2) is 9.78 Å². The molecule has 3 rings (SSSR count). The fraction of sp³-hybridized carbons (Fsp3) is 0.500. The second kappa shape index (κ2) is 10.4. The van der Waals surface area contributed by atoms with Crippen LogP contribution < -0.4 is 11.2 Å². The van der Waals surface area contributed by atoms with Crippen LogP contribution in [0.15, 0.2) is 27.8 Å². The third-order valence-electron chi connectivity index (χ3n) is 5.61. The molecule has 0 atom stereocenters. The molecule has 2 aromatic heterocycles. The fourth-order valence-electron chi connectivity index (χ4n) is 3.90. The lowest BCUT2D eigenvalue weighted by molar-refractivity contribution is -0.145. The highest BCUT2D eigenvalue weighted by Crippen LogP contribution is 2.16. The number of ether oxygens (including phenoxy) is 1. The molecule has 0 amide bonds. The summed E-state index contributed by atoms with van der Waals surface area (Å²) in [7, 11) is 0. The van der Waals surface area contributed by atoms with Crippen molar-refractivity contribution in [1.82, 2.24) is 19.1 Å². The number of carbonyl (C=O) groups is 1. The summed E-state index contributed by atoms with van der Waals surface area (Å²) in [6.07, 6.45) is 3.34. The van der Waals surface area contributed by atoms with Gasteiger partial charge in [-0.2, -0.15) is 0 Å². The highest BCUT2D eigenvalue weighted by atomic mass is 16.5. The Morgan fingerprint density at radius 1 is 1.09 bits per heavy atom. The number of nitrogens with zero attached hydrogens (tertiary/aromatic N) is 3. The molecule has 1 N–H and O–H groups in total. The molecule has 0 fully saturated rings. The van der Waals surface area contributed by atoms with Crippen LogP contribution in [0.5, 0.6) is 0 Å². The maximum atomic E-state index is 12.6. The average molecular weight is 441 g/mol. The number of aryl methyl sites for hydroxylation is 5. The van der Waals surface area contributed by atoms with Gasteiger partial charge in [0.1, 0.15) is 12.4 Å². The van der Waals surface area contributed by atoms with E-state index in [1.54, 1.807) is 4.57 Å². The van der Waals surface area contributed by atoms with Gasteiger partial charge >= 0.3 is 11.7 Å². The van der Waals surface area contributed by atoms with Gasteiger partial charge in [-0.1, -0.05) is 44.0 Å². The van der Waals surface area contributed by atoms with E-state index in [4.69, 9.17) is 4.74 Å². The lowest BCUT2D eigenvalue weighted by Crippen LogP contribution is -2.31. The zero-order chi connectivity index (χ0) is 23.3. The van der Waals surface area contributed by atoms with E-state index >= 15 is 0 Å². The number of nitrogens with one attached hydrogen (secondary N) is 1. The van der Waals surface area contributed by atoms with Crippen molar-refractivity contribution in [3.05, 3.63) is 61.6 Å². The molecule has 32 heavy (non-hydrogen) atoms. The first kappa shape index (κ1) is 23.5. The van der Waals surface area contributed by atoms with Crippen molar-refractivity contribution in [3.63, 3.8) is 0 Å². The number of rotatable bonds is 10. The van der Waals surface area contributed by atoms with Crippen LogP contribution in [0, 0.1) is 13.8 Å². The van der Waals surface area contributed by atoms with Crippen molar-refractivity contribution >= 4 is 17.1 Å². The molecule has 0 bridgehead atoms. The van der Waals surface area contributed by atoms with Crippen LogP contribution in [0.4, 0.5) is 0 Å². The predicted molar refractivity (Wildman–Crippen MR) is 124 cm³/mol. The molecule has 8 nitrogen and oxygen atoms in total. The summed E-state index contributed by atoms with van der Waals surface area (Å²) in [4.78, 5) is 44.2. The van der Waals surface area contributed by atoms with E-state index in [0.717, 1.165) is 30.4 Å². The van der Waals surface area contributed by atoms with Crippen LogP contribution in [0.2, 0.25) is 0 Å². The highest BCUT2D eigenvalue weighted by Gasteiger charge is 2.19. The first-order chi connectivity index (χ1) is 15.3. The first-order valence-corrected chi connectivity index (χ1v) is 11.3. The van der Waals surface area contributed by atoms with Crippen LogP contribution in [0.3, 0.4) is 0 Å². The molecule has 0 spiro atoms. The molecule has 172 valence electrons. The number of carbonyl (C=O) groups excluding carboxylic acids is 1. The summed E-state index contributed by atoms with van der Waals surface area (Å²) < 4.78 is 8.75. The normalized spacial score (nSPS) is 11.2. The van der Waals surface area contributed by atoms with E-state index in [-0.39, 0.29) is 19.0 Å². The van der Waals surface area contributed by atoms with Crippen LogP contribution in [0.1, 0.15) is 62.0 Å².